The van der Waals surface area contributed by atoms with Crippen molar-refractivity contribution < 1.29 is 9.21 Å². The van der Waals surface area contributed by atoms with Crippen LogP contribution in [0, 0.1) is 45.3 Å². The Morgan fingerprint density at radius 1 is 1.40 bits per heavy atom. The number of nitrogens with zero attached hydrogens (tertiary/aromatic N) is 4. The van der Waals surface area contributed by atoms with E-state index >= 15 is 0 Å². The fourth-order valence-corrected chi connectivity index (χ4v) is 3.77. The molecule has 1 aliphatic heterocycles. The van der Waals surface area contributed by atoms with Crippen LogP contribution in [0.2, 0.25) is 0 Å². The lowest BCUT2D eigenvalue weighted by atomic mass is 9.58. The van der Waals surface area contributed by atoms with E-state index in [2.05, 4.69) is 0 Å². The molecule has 2 atom stereocenters. The lowest BCUT2D eigenvalue weighted by Gasteiger charge is -2.44. The first-order valence-corrected chi connectivity index (χ1v) is 7.71. The van der Waals surface area contributed by atoms with Crippen molar-refractivity contribution in [2.75, 3.05) is 13.1 Å². The van der Waals surface area contributed by atoms with Gasteiger partial charge in [0.1, 0.15) is 6.07 Å². The number of nitrogens with two attached hydrogens (primary N) is 1. The van der Waals surface area contributed by atoms with E-state index in [0.29, 0.717) is 24.2 Å². The molecule has 25 heavy (non-hydrogen) atoms. The normalized spacial score (nSPS) is 24.4. The minimum absolute atomic E-state index is 0.0371. The van der Waals surface area contributed by atoms with E-state index in [0.717, 1.165) is 0 Å². The maximum absolute atomic E-state index is 11.8. The number of carbonyl (C=O) groups excluding carboxylic acids is 1. The van der Waals surface area contributed by atoms with Crippen molar-refractivity contribution in [2.45, 2.75) is 12.8 Å². The van der Waals surface area contributed by atoms with Gasteiger partial charge in [0.25, 0.3) is 0 Å². The highest BCUT2D eigenvalue weighted by Gasteiger charge is 2.54. The van der Waals surface area contributed by atoms with Crippen molar-refractivity contribution >= 4 is 5.91 Å². The van der Waals surface area contributed by atoms with Gasteiger partial charge in [0.15, 0.2) is 5.41 Å². The lowest BCUT2D eigenvalue weighted by Crippen LogP contribution is -2.48. The predicted molar refractivity (Wildman–Crippen MR) is 85.8 cm³/mol. The summed E-state index contributed by atoms with van der Waals surface area (Å²) in [7, 11) is 0. The first-order valence-electron chi connectivity index (χ1n) is 7.71. The van der Waals surface area contributed by atoms with Gasteiger partial charge in [-0.2, -0.15) is 15.8 Å². The third kappa shape index (κ3) is 2.20. The maximum atomic E-state index is 11.8. The molecule has 0 radical (unpaired) electrons. The van der Waals surface area contributed by atoms with E-state index in [9.17, 15) is 20.6 Å². The highest BCUT2D eigenvalue weighted by atomic mass is 16.3. The van der Waals surface area contributed by atoms with E-state index < -0.39 is 17.3 Å². The van der Waals surface area contributed by atoms with Crippen LogP contribution in [-0.4, -0.2) is 23.9 Å². The van der Waals surface area contributed by atoms with Crippen LogP contribution in [0.25, 0.3) is 0 Å². The molecule has 0 saturated heterocycles. The van der Waals surface area contributed by atoms with E-state index in [1.165, 1.54) is 19.5 Å². The molecule has 0 unspecified atom stereocenters. The topological polar surface area (TPSA) is 131 Å². The fourth-order valence-electron chi connectivity index (χ4n) is 3.77. The molecule has 0 aromatic carbocycles. The summed E-state index contributed by atoms with van der Waals surface area (Å²) in [4.78, 5) is 13.5. The number of furan rings is 1. The molecule has 1 aromatic heterocycles. The van der Waals surface area contributed by atoms with Gasteiger partial charge in [-0.1, -0.05) is 6.08 Å². The summed E-state index contributed by atoms with van der Waals surface area (Å²) in [5, 5.41) is 29.2. The summed E-state index contributed by atoms with van der Waals surface area (Å²) >= 11 is 0. The van der Waals surface area contributed by atoms with Crippen molar-refractivity contribution in [3.8, 4) is 18.2 Å². The van der Waals surface area contributed by atoms with Crippen LogP contribution in [-0.2, 0) is 4.79 Å². The van der Waals surface area contributed by atoms with Gasteiger partial charge in [-0.05, 0) is 17.2 Å². The Labute approximate surface area is 144 Å². The van der Waals surface area contributed by atoms with E-state index in [-0.39, 0.29) is 17.2 Å². The molecule has 0 spiro atoms. The van der Waals surface area contributed by atoms with E-state index in [1.54, 1.807) is 17.0 Å². The third-order valence-corrected chi connectivity index (χ3v) is 5.01. The Hall–Kier alpha value is -3.50. The molecule has 0 bridgehead atoms. The quantitative estimate of drug-likeness (QED) is 0.829. The first-order chi connectivity index (χ1) is 12.0. The van der Waals surface area contributed by atoms with Gasteiger partial charge in [0, 0.05) is 31.8 Å². The molecule has 2 N–H and O–H groups in total. The maximum Gasteiger partial charge on any atom is 0.219 e. The molecule has 3 rings (SSSR count). The van der Waals surface area contributed by atoms with Gasteiger partial charge in [0.2, 0.25) is 5.91 Å². The van der Waals surface area contributed by atoms with Crippen molar-refractivity contribution in [1.82, 2.24) is 4.90 Å². The Bertz CT molecular complexity index is 891. The van der Waals surface area contributed by atoms with Crippen molar-refractivity contribution in [2.24, 2.45) is 17.1 Å². The van der Waals surface area contributed by atoms with Crippen LogP contribution in [0.1, 0.15) is 18.4 Å². The van der Waals surface area contributed by atoms with Gasteiger partial charge < -0.3 is 15.1 Å². The zero-order chi connectivity index (χ0) is 18.2. The Morgan fingerprint density at radius 2 is 2.12 bits per heavy atom. The standard InChI is InChI=1S/C18H15N5O2/c1-11(24)23-4-2-13-14(6-19)17(22)18(9-20,10-21)16(15(13)7-23)12-3-5-25-8-12/h2-3,5,8,15-16H,4,7,22H2,1H3/t15-,16-/m0/s1. The number of hydrogen-bond acceptors (Lipinski definition) is 6. The monoisotopic (exact) mass is 333 g/mol. The molecule has 7 heteroatoms. The number of hydrogen-bond donors (Lipinski definition) is 1. The number of fused-ring (bicyclic) bond motifs is 1. The Balaban J connectivity index is 2.29. The predicted octanol–water partition coefficient (Wildman–Crippen LogP) is 1.55. The molecule has 1 aliphatic carbocycles. The molecule has 0 saturated carbocycles. The van der Waals surface area contributed by atoms with Crippen LogP contribution in [0.5, 0.6) is 0 Å². The van der Waals surface area contributed by atoms with Crippen LogP contribution >= 0.6 is 0 Å². The van der Waals surface area contributed by atoms with Crippen molar-refractivity contribution in [3.05, 3.63) is 47.1 Å². The number of rotatable bonds is 1. The molecule has 124 valence electrons. The number of carbonyl (C=O) groups is 1. The number of allylic oxidation sites excluding steroid dienone is 2. The Morgan fingerprint density at radius 3 is 2.64 bits per heavy atom. The fraction of sp³-hybridized carbons (Fsp3) is 0.333. The second-order valence-electron chi connectivity index (χ2n) is 6.16. The third-order valence-electron chi connectivity index (χ3n) is 5.01. The SMILES string of the molecule is CC(=O)N1CC=C2C(C#N)=C(N)C(C#N)(C#N)[C@@H](c3ccoc3)[C@H]2C1. The summed E-state index contributed by atoms with van der Waals surface area (Å²) in [6.07, 6.45) is 4.72. The molecule has 2 heterocycles. The average Bonchev–Trinajstić information content (AvgIpc) is 3.14. The van der Waals surface area contributed by atoms with Gasteiger partial charge >= 0.3 is 0 Å². The largest absolute Gasteiger partial charge is 0.472 e. The second kappa shape index (κ2) is 5.85. The molecule has 1 aromatic rings. The second-order valence-corrected chi connectivity index (χ2v) is 6.16. The number of amides is 1. The highest BCUT2D eigenvalue weighted by molar-refractivity contribution is 5.74. The zero-order valence-corrected chi connectivity index (χ0v) is 13.6. The molecule has 0 fully saturated rings. The minimum atomic E-state index is -1.70. The molecule has 2 aliphatic rings. The van der Waals surface area contributed by atoms with Crippen molar-refractivity contribution in [3.63, 3.8) is 0 Å². The summed E-state index contributed by atoms with van der Waals surface area (Å²) in [5.74, 6) is -1.13. The van der Waals surface area contributed by atoms with Crippen LogP contribution in [0.4, 0.5) is 0 Å². The van der Waals surface area contributed by atoms with Crippen LogP contribution in [0.3, 0.4) is 0 Å². The van der Waals surface area contributed by atoms with E-state index in [1.807, 2.05) is 18.2 Å². The van der Waals surface area contributed by atoms with Crippen LogP contribution in [0.15, 0.2) is 45.9 Å². The van der Waals surface area contributed by atoms with E-state index in [4.69, 9.17) is 10.2 Å². The molecule has 1 amide bonds. The zero-order valence-electron chi connectivity index (χ0n) is 13.6. The lowest BCUT2D eigenvalue weighted by molar-refractivity contribution is -0.129. The highest BCUT2D eigenvalue weighted by Crippen LogP contribution is 2.54. The Kier molecular flexibility index (Phi) is 3.83. The summed E-state index contributed by atoms with van der Waals surface area (Å²) in [6.45, 7) is 2.14. The average molecular weight is 333 g/mol. The molecular formula is C18H15N5O2. The first kappa shape index (κ1) is 16.4. The summed E-state index contributed by atoms with van der Waals surface area (Å²) in [5.41, 5.74) is 5.90. The smallest absolute Gasteiger partial charge is 0.219 e. The van der Waals surface area contributed by atoms with Crippen LogP contribution < -0.4 is 5.73 Å². The number of nitriles is 3. The van der Waals surface area contributed by atoms with Gasteiger partial charge in [-0.15, -0.1) is 0 Å². The molecule has 7 nitrogen and oxygen atoms in total. The van der Waals surface area contributed by atoms with Crippen molar-refractivity contribution in [1.29, 1.82) is 15.8 Å². The van der Waals surface area contributed by atoms with Gasteiger partial charge in [-0.25, -0.2) is 0 Å². The van der Waals surface area contributed by atoms with Gasteiger partial charge in [0.05, 0.1) is 35.9 Å². The van der Waals surface area contributed by atoms with Gasteiger partial charge in [-0.3, -0.25) is 4.79 Å². The summed E-state index contributed by atoms with van der Waals surface area (Å²) < 4.78 is 5.15. The molecular weight excluding hydrogens is 318 g/mol. The minimum Gasteiger partial charge on any atom is -0.472 e. The summed E-state index contributed by atoms with van der Waals surface area (Å²) in [6, 6.07) is 7.79.